The first-order valence-corrected chi connectivity index (χ1v) is 11.0. The van der Waals surface area contributed by atoms with Gasteiger partial charge in [0.1, 0.15) is 5.60 Å². The molecule has 0 amide bonds. The number of Topliss-reactive ketones (excluding diaryl/α,β-unsaturated/α-hetero) is 1. The Hall–Kier alpha value is -1.86. The van der Waals surface area contributed by atoms with Crippen LogP contribution in [0.15, 0.2) is 23.8 Å². The van der Waals surface area contributed by atoms with Crippen LogP contribution in [-0.2, 0) is 19.1 Å². The van der Waals surface area contributed by atoms with Crippen LogP contribution in [0, 0.1) is 28.6 Å². The highest BCUT2D eigenvalue weighted by molar-refractivity contribution is 6.01. The first-order chi connectivity index (χ1) is 14.3. The number of halogens is 1. The number of allylic oxidation sites excluding steroid dienone is 4. The molecule has 7 heteroatoms. The second-order valence-electron chi connectivity index (χ2n) is 10.4. The van der Waals surface area contributed by atoms with Gasteiger partial charge in [0, 0.05) is 23.7 Å². The molecule has 3 fully saturated rings. The maximum atomic E-state index is 17.0. The lowest BCUT2D eigenvalue weighted by molar-refractivity contribution is -0.219. The van der Waals surface area contributed by atoms with Gasteiger partial charge in [0.05, 0.1) is 6.10 Å². The van der Waals surface area contributed by atoms with Gasteiger partial charge in [0.15, 0.2) is 18.1 Å². The summed E-state index contributed by atoms with van der Waals surface area (Å²) in [5.41, 5.74) is -5.33. The summed E-state index contributed by atoms with van der Waals surface area (Å²) >= 11 is 0. The molecule has 0 aromatic carbocycles. The van der Waals surface area contributed by atoms with Crippen LogP contribution in [0.3, 0.4) is 0 Å². The molecule has 4 aliphatic carbocycles. The fourth-order valence-electron chi connectivity index (χ4n) is 7.42. The minimum Gasteiger partial charge on any atom is -0.458 e. The van der Waals surface area contributed by atoms with Crippen molar-refractivity contribution in [2.45, 2.75) is 70.8 Å². The highest BCUT2D eigenvalue weighted by atomic mass is 19.1. The van der Waals surface area contributed by atoms with E-state index in [0.29, 0.717) is 24.8 Å². The predicted molar refractivity (Wildman–Crippen MR) is 109 cm³/mol. The molecule has 6 nitrogen and oxygen atoms in total. The molecular weight excluding hydrogens is 403 g/mol. The SMILES string of the molecule is CC(=O)OCC(=O)[C@]1(O)C(C)CC2C3CCC4=CC(=O)C=C[C@@]4(C)[C@]3(F)C(O)C[C@@]21C. The second-order valence-corrected chi connectivity index (χ2v) is 10.4. The van der Waals surface area contributed by atoms with Gasteiger partial charge in [-0.3, -0.25) is 14.4 Å². The lowest BCUT2D eigenvalue weighted by Gasteiger charge is -2.62. The number of hydrogen-bond donors (Lipinski definition) is 2. The van der Waals surface area contributed by atoms with Crippen LogP contribution in [0.2, 0.25) is 0 Å². The molecule has 4 rings (SSSR count). The number of carbonyl (C=O) groups excluding carboxylic acids is 3. The largest absolute Gasteiger partial charge is 0.458 e. The van der Waals surface area contributed by atoms with E-state index >= 15 is 4.39 Å². The number of esters is 1. The number of aliphatic hydroxyl groups is 2. The van der Waals surface area contributed by atoms with Crippen LogP contribution in [0.25, 0.3) is 0 Å². The minimum absolute atomic E-state index is 0.0953. The molecule has 2 N–H and O–H groups in total. The van der Waals surface area contributed by atoms with Crippen LogP contribution in [0.4, 0.5) is 4.39 Å². The highest BCUT2D eigenvalue weighted by Crippen LogP contribution is 2.70. The molecule has 4 unspecified atom stereocenters. The van der Waals surface area contributed by atoms with Crippen molar-refractivity contribution in [1.82, 2.24) is 0 Å². The van der Waals surface area contributed by atoms with Gasteiger partial charge in [-0.25, -0.2) is 4.39 Å². The van der Waals surface area contributed by atoms with E-state index in [4.69, 9.17) is 4.74 Å². The number of ketones is 2. The fourth-order valence-corrected chi connectivity index (χ4v) is 7.42. The Balaban J connectivity index is 1.76. The third-order valence-electron chi connectivity index (χ3n) is 9.05. The van der Waals surface area contributed by atoms with Crippen molar-refractivity contribution in [3.8, 4) is 0 Å². The van der Waals surface area contributed by atoms with Crippen LogP contribution in [0.1, 0.15) is 53.4 Å². The fraction of sp³-hybridized carbons (Fsp3) is 0.708. The smallest absolute Gasteiger partial charge is 0.303 e. The normalized spacial score (nSPS) is 48.4. The lowest BCUT2D eigenvalue weighted by Crippen LogP contribution is -2.69. The van der Waals surface area contributed by atoms with Gasteiger partial charge in [-0.1, -0.05) is 25.5 Å². The molecule has 0 heterocycles. The first kappa shape index (κ1) is 22.3. The van der Waals surface area contributed by atoms with E-state index in [1.54, 1.807) is 26.8 Å². The monoisotopic (exact) mass is 434 g/mol. The van der Waals surface area contributed by atoms with Crippen molar-refractivity contribution in [2.75, 3.05) is 6.61 Å². The Morgan fingerprint density at radius 3 is 2.61 bits per heavy atom. The molecule has 4 aliphatic rings. The molecule has 170 valence electrons. The van der Waals surface area contributed by atoms with E-state index < -0.39 is 58.4 Å². The molecule has 0 aliphatic heterocycles. The average molecular weight is 435 g/mol. The number of aliphatic hydroxyl groups excluding tert-OH is 1. The number of alkyl halides is 1. The minimum atomic E-state index is -2.01. The molecular formula is C24H31FO6. The number of hydrogen-bond acceptors (Lipinski definition) is 6. The van der Waals surface area contributed by atoms with E-state index in [-0.39, 0.29) is 18.1 Å². The zero-order valence-corrected chi connectivity index (χ0v) is 18.5. The summed E-state index contributed by atoms with van der Waals surface area (Å²) in [5.74, 6) is -2.80. The molecule has 0 aromatic heterocycles. The summed E-state index contributed by atoms with van der Waals surface area (Å²) in [6, 6.07) is 0. The Kier molecular flexibility index (Phi) is 4.91. The Bertz CT molecular complexity index is 910. The van der Waals surface area contributed by atoms with Crippen LogP contribution in [-0.4, -0.2) is 51.7 Å². The summed E-state index contributed by atoms with van der Waals surface area (Å²) in [5, 5.41) is 22.9. The van der Waals surface area contributed by atoms with Crippen LogP contribution in [0.5, 0.6) is 0 Å². The van der Waals surface area contributed by atoms with Gasteiger partial charge in [-0.2, -0.15) is 0 Å². The van der Waals surface area contributed by atoms with Crippen molar-refractivity contribution in [1.29, 1.82) is 0 Å². The quantitative estimate of drug-likeness (QED) is 0.662. The second kappa shape index (κ2) is 6.82. The molecule has 31 heavy (non-hydrogen) atoms. The number of rotatable bonds is 3. The van der Waals surface area contributed by atoms with Gasteiger partial charge in [0.2, 0.25) is 5.78 Å². The first-order valence-electron chi connectivity index (χ1n) is 11.0. The summed E-state index contributed by atoms with van der Waals surface area (Å²) in [4.78, 5) is 36.2. The maximum absolute atomic E-state index is 17.0. The van der Waals surface area contributed by atoms with E-state index in [1.807, 2.05) is 0 Å². The highest BCUT2D eigenvalue weighted by Gasteiger charge is 2.75. The van der Waals surface area contributed by atoms with E-state index in [0.717, 1.165) is 0 Å². The summed E-state index contributed by atoms with van der Waals surface area (Å²) in [6.07, 6.45) is 4.29. The average Bonchev–Trinajstić information content (AvgIpc) is 2.89. The molecule has 0 radical (unpaired) electrons. The third-order valence-corrected chi connectivity index (χ3v) is 9.05. The number of fused-ring (bicyclic) bond motifs is 5. The molecule has 0 spiro atoms. The van der Waals surface area contributed by atoms with Gasteiger partial charge in [-0.15, -0.1) is 0 Å². The van der Waals surface area contributed by atoms with E-state index in [2.05, 4.69) is 0 Å². The summed E-state index contributed by atoms with van der Waals surface area (Å²) < 4.78 is 21.9. The van der Waals surface area contributed by atoms with Gasteiger partial charge in [0.25, 0.3) is 0 Å². The van der Waals surface area contributed by atoms with Gasteiger partial charge < -0.3 is 14.9 Å². The topological polar surface area (TPSA) is 101 Å². The summed E-state index contributed by atoms with van der Waals surface area (Å²) in [7, 11) is 0. The molecule has 0 bridgehead atoms. The molecule has 0 aromatic rings. The molecule has 3 saturated carbocycles. The number of ether oxygens (including phenoxy) is 1. The number of carbonyl (C=O) groups is 3. The van der Waals surface area contributed by atoms with Crippen molar-refractivity contribution < 1.29 is 33.7 Å². The van der Waals surface area contributed by atoms with E-state index in [1.165, 1.54) is 19.1 Å². The predicted octanol–water partition coefficient (Wildman–Crippen LogP) is 2.47. The molecule has 8 atom stereocenters. The van der Waals surface area contributed by atoms with Crippen molar-refractivity contribution in [3.63, 3.8) is 0 Å². The van der Waals surface area contributed by atoms with Crippen molar-refractivity contribution in [3.05, 3.63) is 23.8 Å². The van der Waals surface area contributed by atoms with E-state index in [9.17, 15) is 24.6 Å². The maximum Gasteiger partial charge on any atom is 0.303 e. The van der Waals surface area contributed by atoms with Crippen LogP contribution < -0.4 is 0 Å². The standard InChI is InChI=1S/C24H31FO6/c1-13-9-18-17-6-5-15-10-16(27)7-8-21(15,3)23(17,25)19(28)11-22(18,4)24(13,30)20(29)12-31-14(2)26/h7-8,10,13,17-19,28,30H,5-6,9,11-12H2,1-4H3/t13?,17?,18?,19?,21-,22+,23-,24-/m1/s1. The third kappa shape index (κ3) is 2.65. The zero-order chi connectivity index (χ0) is 23.0. The summed E-state index contributed by atoms with van der Waals surface area (Å²) in [6.45, 7) is 5.89. The van der Waals surface area contributed by atoms with Gasteiger partial charge in [-0.05, 0) is 56.6 Å². The van der Waals surface area contributed by atoms with Gasteiger partial charge >= 0.3 is 5.97 Å². The van der Waals surface area contributed by atoms with Crippen molar-refractivity contribution in [2.24, 2.45) is 28.6 Å². The Morgan fingerprint density at radius 2 is 1.97 bits per heavy atom. The molecule has 0 saturated heterocycles. The van der Waals surface area contributed by atoms with Crippen molar-refractivity contribution >= 4 is 17.5 Å². The Morgan fingerprint density at radius 1 is 1.29 bits per heavy atom. The lowest BCUT2D eigenvalue weighted by atomic mass is 9.44. The van der Waals surface area contributed by atoms with Crippen LogP contribution >= 0.6 is 0 Å². The Labute approximate surface area is 181 Å². The zero-order valence-electron chi connectivity index (χ0n) is 18.5.